The third-order valence-electron chi connectivity index (χ3n) is 4.78. The first kappa shape index (κ1) is 20.1. The van der Waals surface area contributed by atoms with Crippen LogP contribution < -0.4 is 10.6 Å². The van der Waals surface area contributed by atoms with E-state index in [1.807, 2.05) is 30.3 Å². The zero-order valence-electron chi connectivity index (χ0n) is 16.8. The van der Waals surface area contributed by atoms with Crippen LogP contribution >= 0.6 is 0 Å². The molecule has 0 aliphatic rings. The molecule has 8 nitrogen and oxygen atoms in total. The quantitative estimate of drug-likeness (QED) is 0.416. The summed E-state index contributed by atoms with van der Waals surface area (Å²) in [5.41, 5.74) is 2.88. The highest BCUT2D eigenvalue weighted by molar-refractivity contribution is 6.07. The number of aromatic nitrogens is 2. The Labute approximate surface area is 177 Å². The van der Waals surface area contributed by atoms with Crippen molar-refractivity contribution in [2.45, 2.75) is 6.92 Å². The van der Waals surface area contributed by atoms with Gasteiger partial charge in [-0.15, -0.1) is 0 Å². The van der Waals surface area contributed by atoms with Gasteiger partial charge in [0.05, 0.1) is 27.9 Å². The van der Waals surface area contributed by atoms with Gasteiger partial charge in [0.15, 0.2) is 0 Å². The van der Waals surface area contributed by atoms with Crippen LogP contribution in [0, 0.1) is 6.92 Å². The monoisotopic (exact) mass is 416 g/mol. The Morgan fingerprint density at radius 3 is 2.29 bits per heavy atom. The summed E-state index contributed by atoms with van der Waals surface area (Å²) in [6, 6.07) is 17.4. The van der Waals surface area contributed by atoms with E-state index < -0.39 is 5.91 Å². The molecule has 31 heavy (non-hydrogen) atoms. The minimum absolute atomic E-state index is 0.0976. The first-order valence-electron chi connectivity index (χ1n) is 9.71. The van der Waals surface area contributed by atoms with Crippen molar-refractivity contribution in [2.24, 2.45) is 0 Å². The predicted octanol–water partition coefficient (Wildman–Crippen LogP) is 3.06. The minimum Gasteiger partial charge on any atom is -0.507 e. The van der Waals surface area contributed by atoms with Crippen LogP contribution in [-0.2, 0) is 0 Å². The number of nitrogens with one attached hydrogen (secondary N) is 2. The number of carbonyl (C=O) groups excluding carboxylic acids is 2. The Kier molecular flexibility index (Phi) is 5.61. The van der Waals surface area contributed by atoms with E-state index in [0.29, 0.717) is 22.3 Å². The topological polar surface area (TPSA) is 117 Å². The van der Waals surface area contributed by atoms with Crippen molar-refractivity contribution in [2.75, 3.05) is 13.1 Å². The van der Waals surface area contributed by atoms with E-state index in [-0.39, 0.29) is 36.0 Å². The van der Waals surface area contributed by atoms with Gasteiger partial charge in [-0.25, -0.2) is 4.98 Å². The highest BCUT2D eigenvalue weighted by atomic mass is 16.5. The van der Waals surface area contributed by atoms with Gasteiger partial charge in [0.2, 0.25) is 0 Å². The van der Waals surface area contributed by atoms with Gasteiger partial charge in [0.25, 0.3) is 17.5 Å². The lowest BCUT2D eigenvalue weighted by Crippen LogP contribution is -2.34. The van der Waals surface area contributed by atoms with Crippen LogP contribution in [0.2, 0.25) is 0 Å². The van der Waals surface area contributed by atoms with Crippen molar-refractivity contribution >= 4 is 22.9 Å². The molecule has 2 amide bonds. The van der Waals surface area contributed by atoms with E-state index in [2.05, 4.69) is 20.8 Å². The number of fused-ring (bicyclic) bond motifs is 1. The van der Waals surface area contributed by atoms with Gasteiger partial charge >= 0.3 is 0 Å². The van der Waals surface area contributed by atoms with Gasteiger partial charge in [0, 0.05) is 18.7 Å². The Morgan fingerprint density at radius 2 is 1.58 bits per heavy atom. The molecule has 3 N–H and O–H groups in total. The number of phenolic OH excluding ortho intramolecular Hbond substituents is 1. The Morgan fingerprint density at radius 1 is 0.935 bits per heavy atom. The number of hydrogen-bond acceptors (Lipinski definition) is 6. The summed E-state index contributed by atoms with van der Waals surface area (Å²) < 4.78 is 5.30. The van der Waals surface area contributed by atoms with Gasteiger partial charge in [0.1, 0.15) is 5.75 Å². The number of aryl methyl sites for hydroxylation is 1. The van der Waals surface area contributed by atoms with Crippen molar-refractivity contribution in [3.63, 3.8) is 0 Å². The number of phenols is 1. The fraction of sp³-hybridized carbons (Fsp3) is 0.130. The first-order valence-corrected chi connectivity index (χ1v) is 9.71. The molecule has 0 atom stereocenters. The number of carbonyl (C=O) groups is 2. The zero-order chi connectivity index (χ0) is 21.8. The molecule has 0 aliphatic heterocycles. The molecule has 0 saturated heterocycles. The van der Waals surface area contributed by atoms with Crippen LogP contribution in [0.1, 0.15) is 26.4 Å². The first-order chi connectivity index (χ1) is 15.0. The van der Waals surface area contributed by atoms with Crippen LogP contribution in [0.25, 0.3) is 22.4 Å². The molecule has 2 aromatic heterocycles. The molecule has 156 valence electrons. The number of aromatic hydroxyl groups is 1. The van der Waals surface area contributed by atoms with Crippen molar-refractivity contribution < 1.29 is 19.2 Å². The molecule has 0 bridgehead atoms. The summed E-state index contributed by atoms with van der Waals surface area (Å²) in [6.07, 6.45) is 0. The fourth-order valence-electron chi connectivity index (χ4n) is 3.24. The largest absolute Gasteiger partial charge is 0.507 e. The summed E-state index contributed by atoms with van der Waals surface area (Å²) in [6.45, 7) is 2.15. The third kappa shape index (κ3) is 4.23. The van der Waals surface area contributed by atoms with Gasteiger partial charge < -0.3 is 20.3 Å². The Bertz CT molecular complexity index is 1250. The number of benzene rings is 2. The van der Waals surface area contributed by atoms with Crippen LogP contribution in [-0.4, -0.2) is 40.2 Å². The van der Waals surface area contributed by atoms with Gasteiger partial charge in [-0.1, -0.05) is 47.6 Å². The van der Waals surface area contributed by atoms with Crippen molar-refractivity contribution in [1.29, 1.82) is 0 Å². The van der Waals surface area contributed by atoms with E-state index in [9.17, 15) is 14.7 Å². The lowest BCUT2D eigenvalue weighted by atomic mass is 10.1. The maximum Gasteiger partial charge on any atom is 0.259 e. The predicted molar refractivity (Wildman–Crippen MR) is 115 cm³/mol. The van der Waals surface area contributed by atoms with E-state index in [1.165, 1.54) is 12.1 Å². The number of hydrogen-bond donors (Lipinski definition) is 3. The number of rotatable bonds is 6. The summed E-state index contributed by atoms with van der Waals surface area (Å²) in [5, 5.41) is 19.7. The molecule has 0 aliphatic carbocycles. The third-order valence-corrected chi connectivity index (χ3v) is 4.78. The molecular formula is C23H20N4O4. The zero-order valence-corrected chi connectivity index (χ0v) is 16.8. The molecule has 0 fully saturated rings. The normalized spacial score (nSPS) is 10.7. The molecule has 4 aromatic rings. The van der Waals surface area contributed by atoms with Gasteiger partial charge in [-0.05, 0) is 25.1 Å². The summed E-state index contributed by atoms with van der Waals surface area (Å²) in [4.78, 5) is 29.5. The SMILES string of the molecule is Cc1noc2nc(-c3ccccc3)cc(C(=O)NCCNC(=O)c3ccccc3O)c12. The van der Waals surface area contributed by atoms with Crippen LogP contribution in [0.3, 0.4) is 0 Å². The maximum absolute atomic E-state index is 12.9. The molecular weight excluding hydrogens is 396 g/mol. The van der Waals surface area contributed by atoms with E-state index in [1.54, 1.807) is 25.1 Å². The van der Waals surface area contributed by atoms with Crippen molar-refractivity contribution in [3.8, 4) is 17.0 Å². The van der Waals surface area contributed by atoms with Crippen molar-refractivity contribution in [1.82, 2.24) is 20.8 Å². The number of pyridine rings is 1. The average Bonchev–Trinajstić information content (AvgIpc) is 3.17. The molecule has 0 saturated carbocycles. The molecule has 2 heterocycles. The maximum atomic E-state index is 12.9. The van der Waals surface area contributed by atoms with E-state index in [0.717, 1.165) is 5.56 Å². The van der Waals surface area contributed by atoms with Crippen LogP contribution in [0.4, 0.5) is 0 Å². The second-order valence-corrected chi connectivity index (χ2v) is 6.90. The van der Waals surface area contributed by atoms with Crippen LogP contribution in [0.15, 0.2) is 65.2 Å². The molecule has 0 unspecified atom stereocenters. The lowest BCUT2D eigenvalue weighted by Gasteiger charge is -2.10. The highest BCUT2D eigenvalue weighted by Crippen LogP contribution is 2.26. The fourth-order valence-corrected chi connectivity index (χ4v) is 3.24. The molecule has 8 heteroatoms. The summed E-state index contributed by atoms with van der Waals surface area (Å²) >= 11 is 0. The van der Waals surface area contributed by atoms with E-state index in [4.69, 9.17) is 4.52 Å². The molecule has 0 radical (unpaired) electrons. The van der Waals surface area contributed by atoms with Gasteiger partial charge in [-0.2, -0.15) is 0 Å². The number of nitrogens with zero attached hydrogens (tertiary/aromatic N) is 2. The smallest absolute Gasteiger partial charge is 0.259 e. The molecule has 4 rings (SSSR count). The van der Waals surface area contributed by atoms with Crippen molar-refractivity contribution in [3.05, 3.63) is 77.5 Å². The highest BCUT2D eigenvalue weighted by Gasteiger charge is 2.19. The Hall–Kier alpha value is -4.20. The summed E-state index contributed by atoms with van der Waals surface area (Å²) in [5.74, 6) is -0.841. The Balaban J connectivity index is 1.48. The summed E-state index contributed by atoms with van der Waals surface area (Å²) in [7, 11) is 0. The van der Waals surface area contributed by atoms with E-state index >= 15 is 0 Å². The van der Waals surface area contributed by atoms with Gasteiger partial charge in [-0.3, -0.25) is 9.59 Å². The molecule has 0 spiro atoms. The van der Waals surface area contributed by atoms with Crippen LogP contribution in [0.5, 0.6) is 5.75 Å². The number of para-hydroxylation sites is 1. The average molecular weight is 416 g/mol. The number of amides is 2. The second-order valence-electron chi connectivity index (χ2n) is 6.90. The standard InChI is InChI=1S/C23H20N4O4/c1-14-20-17(13-18(26-23(20)31-27-14)15-7-3-2-4-8-15)22(30)25-12-11-24-21(29)16-9-5-6-10-19(16)28/h2-10,13,28H,11-12H2,1H3,(H,24,29)(H,25,30). The lowest BCUT2D eigenvalue weighted by molar-refractivity contribution is 0.0927. The molecule has 2 aromatic carbocycles. The second kappa shape index (κ2) is 8.66. The minimum atomic E-state index is -0.417.